The molecule has 0 fully saturated rings. The zero-order valence-electron chi connectivity index (χ0n) is 12.0. The van der Waals surface area contributed by atoms with Crippen molar-refractivity contribution in [2.24, 2.45) is 0 Å². The lowest BCUT2D eigenvalue weighted by atomic mass is 10.1. The minimum absolute atomic E-state index is 0.831. The van der Waals surface area contributed by atoms with Gasteiger partial charge in [-0.3, -0.25) is 4.90 Å². The predicted octanol–water partition coefficient (Wildman–Crippen LogP) is 3.52. The smallest absolute Gasteiger partial charge is 0.0317 e. The molecule has 0 atom stereocenters. The summed E-state index contributed by atoms with van der Waals surface area (Å²) in [5, 5.41) is 0. The van der Waals surface area contributed by atoms with Gasteiger partial charge in [-0.2, -0.15) is 0 Å². The second-order valence-corrected chi connectivity index (χ2v) is 5.35. The molecule has 0 unspecified atom stereocenters. The predicted molar refractivity (Wildman–Crippen MR) is 81.9 cm³/mol. The summed E-state index contributed by atoms with van der Waals surface area (Å²) in [6.07, 6.45) is 0. The zero-order chi connectivity index (χ0) is 13.8. The molecule has 2 aromatic rings. The first kappa shape index (κ1) is 13.6. The summed E-state index contributed by atoms with van der Waals surface area (Å²) in [6.45, 7) is 6.18. The van der Waals surface area contributed by atoms with Crippen LogP contribution in [0.15, 0.2) is 42.5 Å². The number of nitrogens with zero attached hydrogens (tertiary/aromatic N) is 1. The van der Waals surface area contributed by atoms with Crippen LogP contribution in [0.4, 0.5) is 5.69 Å². The van der Waals surface area contributed by atoms with Crippen molar-refractivity contribution >= 4 is 5.69 Å². The van der Waals surface area contributed by atoms with Crippen molar-refractivity contribution in [1.82, 2.24) is 4.90 Å². The Morgan fingerprint density at radius 3 is 2.47 bits per heavy atom. The molecule has 2 N–H and O–H groups in total. The molecule has 0 radical (unpaired) electrons. The van der Waals surface area contributed by atoms with Gasteiger partial charge in [0, 0.05) is 18.8 Å². The van der Waals surface area contributed by atoms with Crippen LogP contribution < -0.4 is 5.73 Å². The summed E-state index contributed by atoms with van der Waals surface area (Å²) >= 11 is 0. The Morgan fingerprint density at radius 1 is 1.00 bits per heavy atom. The van der Waals surface area contributed by atoms with E-state index in [1.807, 2.05) is 18.2 Å². The van der Waals surface area contributed by atoms with Gasteiger partial charge in [0.2, 0.25) is 0 Å². The third-order valence-electron chi connectivity index (χ3n) is 3.34. The number of anilines is 1. The quantitative estimate of drug-likeness (QED) is 0.846. The number of benzene rings is 2. The number of nitrogen functional groups attached to an aromatic ring is 1. The van der Waals surface area contributed by atoms with Gasteiger partial charge in [0.25, 0.3) is 0 Å². The monoisotopic (exact) mass is 254 g/mol. The van der Waals surface area contributed by atoms with Crippen molar-refractivity contribution in [2.45, 2.75) is 26.9 Å². The van der Waals surface area contributed by atoms with Crippen LogP contribution in [0.1, 0.15) is 22.3 Å². The average Bonchev–Trinajstić information content (AvgIpc) is 2.33. The molecule has 2 rings (SSSR count). The maximum Gasteiger partial charge on any atom is 0.0317 e. The summed E-state index contributed by atoms with van der Waals surface area (Å²) in [5.74, 6) is 0. The zero-order valence-corrected chi connectivity index (χ0v) is 12.0. The third kappa shape index (κ3) is 3.83. The van der Waals surface area contributed by atoms with Crippen molar-refractivity contribution in [1.29, 1.82) is 0 Å². The molecule has 0 spiro atoms. The summed E-state index contributed by atoms with van der Waals surface area (Å²) in [7, 11) is 2.14. The van der Waals surface area contributed by atoms with Gasteiger partial charge < -0.3 is 5.73 Å². The topological polar surface area (TPSA) is 29.3 Å². The van der Waals surface area contributed by atoms with E-state index in [-0.39, 0.29) is 0 Å². The molecule has 0 aliphatic heterocycles. The van der Waals surface area contributed by atoms with Crippen molar-refractivity contribution in [3.63, 3.8) is 0 Å². The van der Waals surface area contributed by atoms with E-state index in [1.165, 1.54) is 22.3 Å². The Balaban J connectivity index is 2.03. The molecule has 0 bridgehead atoms. The van der Waals surface area contributed by atoms with Gasteiger partial charge in [-0.25, -0.2) is 0 Å². The van der Waals surface area contributed by atoms with Crippen molar-refractivity contribution in [3.05, 3.63) is 64.7 Å². The second kappa shape index (κ2) is 5.89. The van der Waals surface area contributed by atoms with E-state index in [0.717, 1.165) is 18.8 Å². The summed E-state index contributed by atoms with van der Waals surface area (Å²) in [6, 6.07) is 14.7. The molecule has 2 nitrogen and oxygen atoms in total. The van der Waals surface area contributed by atoms with Crippen LogP contribution >= 0.6 is 0 Å². The van der Waals surface area contributed by atoms with Crippen molar-refractivity contribution < 1.29 is 0 Å². The van der Waals surface area contributed by atoms with Crippen LogP contribution in [-0.4, -0.2) is 11.9 Å². The summed E-state index contributed by atoms with van der Waals surface area (Å²) < 4.78 is 0. The van der Waals surface area contributed by atoms with Crippen molar-refractivity contribution in [2.75, 3.05) is 12.8 Å². The van der Waals surface area contributed by atoms with Crippen LogP contribution in [0.2, 0.25) is 0 Å². The van der Waals surface area contributed by atoms with Gasteiger partial charge in [0.15, 0.2) is 0 Å². The lowest BCUT2D eigenvalue weighted by Crippen LogP contribution is -2.18. The third-order valence-corrected chi connectivity index (χ3v) is 3.34. The molecule has 100 valence electrons. The fraction of sp³-hybridized carbons (Fsp3) is 0.294. The largest absolute Gasteiger partial charge is 0.399 e. The SMILES string of the molecule is Cc1ccc(CN(C)Cc2cccc(N)c2)c(C)c1. The van der Waals surface area contributed by atoms with Crippen LogP contribution in [0, 0.1) is 13.8 Å². The summed E-state index contributed by atoms with van der Waals surface area (Å²) in [5.41, 5.74) is 12.0. The summed E-state index contributed by atoms with van der Waals surface area (Å²) in [4.78, 5) is 2.31. The number of nitrogens with two attached hydrogens (primary N) is 1. The fourth-order valence-corrected chi connectivity index (χ4v) is 2.37. The molecule has 2 heteroatoms. The van der Waals surface area contributed by atoms with Gasteiger partial charge in [-0.15, -0.1) is 0 Å². The normalized spacial score (nSPS) is 10.9. The van der Waals surface area contributed by atoms with E-state index >= 15 is 0 Å². The van der Waals surface area contributed by atoms with Gasteiger partial charge in [0.1, 0.15) is 0 Å². The van der Waals surface area contributed by atoms with E-state index < -0.39 is 0 Å². The van der Waals surface area contributed by atoms with Crippen LogP contribution in [0.25, 0.3) is 0 Å². The van der Waals surface area contributed by atoms with Crippen LogP contribution in [0.5, 0.6) is 0 Å². The number of aryl methyl sites for hydroxylation is 2. The number of hydrogen-bond donors (Lipinski definition) is 1. The number of hydrogen-bond acceptors (Lipinski definition) is 2. The molecule has 19 heavy (non-hydrogen) atoms. The maximum atomic E-state index is 5.81. The average molecular weight is 254 g/mol. The molecule has 0 heterocycles. The highest BCUT2D eigenvalue weighted by Crippen LogP contribution is 2.15. The minimum Gasteiger partial charge on any atom is -0.399 e. The van der Waals surface area contributed by atoms with Gasteiger partial charge in [-0.05, 0) is 49.7 Å². The molecule has 0 saturated carbocycles. The van der Waals surface area contributed by atoms with Crippen LogP contribution in [0.3, 0.4) is 0 Å². The van der Waals surface area contributed by atoms with E-state index in [2.05, 4.69) is 50.1 Å². The van der Waals surface area contributed by atoms with Crippen LogP contribution in [-0.2, 0) is 13.1 Å². The van der Waals surface area contributed by atoms with Gasteiger partial charge >= 0.3 is 0 Å². The first-order valence-electron chi connectivity index (χ1n) is 6.63. The highest BCUT2D eigenvalue weighted by Gasteiger charge is 2.04. The molecular weight excluding hydrogens is 232 g/mol. The maximum absolute atomic E-state index is 5.81. The molecule has 0 saturated heterocycles. The Morgan fingerprint density at radius 2 is 1.79 bits per heavy atom. The molecule has 0 aliphatic carbocycles. The molecule has 0 aliphatic rings. The van der Waals surface area contributed by atoms with E-state index in [9.17, 15) is 0 Å². The first-order valence-corrected chi connectivity index (χ1v) is 6.63. The Kier molecular flexibility index (Phi) is 4.23. The van der Waals surface area contributed by atoms with E-state index in [4.69, 9.17) is 5.73 Å². The molecule has 0 amide bonds. The molecule has 2 aromatic carbocycles. The van der Waals surface area contributed by atoms with Gasteiger partial charge in [-0.1, -0.05) is 35.9 Å². The highest BCUT2D eigenvalue weighted by atomic mass is 15.1. The second-order valence-electron chi connectivity index (χ2n) is 5.35. The minimum atomic E-state index is 0.831. The van der Waals surface area contributed by atoms with E-state index in [0.29, 0.717) is 0 Å². The fourth-order valence-electron chi connectivity index (χ4n) is 2.37. The Labute approximate surface area is 115 Å². The molecular formula is C17H22N2. The Bertz CT molecular complexity index is 561. The molecule has 0 aromatic heterocycles. The van der Waals surface area contributed by atoms with Crippen molar-refractivity contribution in [3.8, 4) is 0 Å². The first-order chi connectivity index (χ1) is 9.04. The van der Waals surface area contributed by atoms with Gasteiger partial charge in [0.05, 0.1) is 0 Å². The Hall–Kier alpha value is -1.80. The number of rotatable bonds is 4. The lowest BCUT2D eigenvalue weighted by Gasteiger charge is -2.18. The lowest BCUT2D eigenvalue weighted by molar-refractivity contribution is 0.318. The van der Waals surface area contributed by atoms with E-state index in [1.54, 1.807) is 0 Å². The standard InChI is InChI=1S/C17H22N2/c1-13-7-8-16(14(2)9-13)12-19(3)11-15-5-4-6-17(18)10-15/h4-10H,11-12,18H2,1-3H3. The highest BCUT2D eigenvalue weighted by molar-refractivity contribution is 5.40.